The molecule has 5 heteroatoms. The van der Waals surface area contributed by atoms with Gasteiger partial charge in [0.05, 0.1) is 19.0 Å². The van der Waals surface area contributed by atoms with Crippen LogP contribution >= 0.6 is 0 Å². The van der Waals surface area contributed by atoms with Crippen LogP contribution in [0.15, 0.2) is 36.7 Å². The lowest BCUT2D eigenvalue weighted by Crippen LogP contribution is -2.30. The van der Waals surface area contributed by atoms with Crippen molar-refractivity contribution in [1.82, 2.24) is 9.97 Å². The Kier molecular flexibility index (Phi) is 5.29. The fourth-order valence-corrected chi connectivity index (χ4v) is 2.94. The van der Waals surface area contributed by atoms with Crippen molar-refractivity contribution in [1.29, 1.82) is 0 Å². The lowest BCUT2D eigenvalue weighted by atomic mass is 10.1. The minimum absolute atomic E-state index is 0.557. The number of ether oxygens (including phenoxy) is 1. The number of hydrogen-bond acceptors (Lipinski definition) is 5. The van der Waals surface area contributed by atoms with E-state index in [1.54, 1.807) is 12.4 Å². The van der Waals surface area contributed by atoms with Gasteiger partial charge in [-0.2, -0.15) is 4.98 Å². The Balaban J connectivity index is 1.69. The van der Waals surface area contributed by atoms with Gasteiger partial charge in [-0.05, 0) is 37.8 Å². The van der Waals surface area contributed by atoms with Crippen LogP contribution in [0.3, 0.4) is 0 Å². The largest absolute Gasteiger partial charge is 0.477 e. The first-order valence-electron chi connectivity index (χ1n) is 8.38. The van der Waals surface area contributed by atoms with Crippen molar-refractivity contribution in [2.75, 3.05) is 29.9 Å². The molecule has 23 heavy (non-hydrogen) atoms. The van der Waals surface area contributed by atoms with E-state index < -0.39 is 0 Å². The maximum absolute atomic E-state index is 5.40. The molecule has 1 fully saturated rings. The number of anilines is 2. The van der Waals surface area contributed by atoms with Crippen molar-refractivity contribution in [3.05, 3.63) is 42.2 Å². The second kappa shape index (κ2) is 7.81. The molecule has 122 valence electrons. The van der Waals surface area contributed by atoms with E-state index in [2.05, 4.69) is 44.5 Å². The smallest absolute Gasteiger partial charge is 0.234 e. The quantitative estimate of drug-likeness (QED) is 0.885. The Bertz CT molecular complexity index is 626. The molecular weight excluding hydrogens is 288 g/mol. The Labute approximate surface area is 137 Å². The highest BCUT2D eigenvalue weighted by Gasteiger charge is 2.14. The van der Waals surface area contributed by atoms with Crippen molar-refractivity contribution < 1.29 is 4.74 Å². The van der Waals surface area contributed by atoms with Gasteiger partial charge in [0.1, 0.15) is 5.82 Å². The molecule has 5 nitrogen and oxygen atoms in total. The predicted octanol–water partition coefficient (Wildman–Crippen LogP) is 3.48. The summed E-state index contributed by atoms with van der Waals surface area (Å²) < 4.78 is 5.40. The highest BCUT2D eigenvalue weighted by atomic mass is 16.5. The van der Waals surface area contributed by atoms with E-state index in [1.165, 1.54) is 30.5 Å². The fourth-order valence-electron chi connectivity index (χ4n) is 2.94. The molecule has 2 aromatic rings. The summed E-state index contributed by atoms with van der Waals surface area (Å²) in [5, 5.41) is 3.36. The summed E-state index contributed by atoms with van der Waals surface area (Å²) in [4.78, 5) is 11.1. The topological polar surface area (TPSA) is 50.3 Å². The molecule has 1 aliphatic rings. The molecule has 1 aromatic heterocycles. The maximum atomic E-state index is 5.40. The first-order chi connectivity index (χ1) is 11.4. The zero-order chi connectivity index (χ0) is 15.9. The van der Waals surface area contributed by atoms with Crippen LogP contribution in [0.1, 0.15) is 31.7 Å². The maximum Gasteiger partial charge on any atom is 0.234 e. The summed E-state index contributed by atoms with van der Waals surface area (Å²) in [5.41, 5.74) is 2.62. The van der Waals surface area contributed by atoms with Gasteiger partial charge in [-0.15, -0.1) is 0 Å². The van der Waals surface area contributed by atoms with Crippen molar-refractivity contribution in [3.63, 3.8) is 0 Å². The van der Waals surface area contributed by atoms with E-state index in [-0.39, 0.29) is 0 Å². The zero-order valence-corrected chi connectivity index (χ0v) is 13.7. The van der Waals surface area contributed by atoms with Gasteiger partial charge in [0, 0.05) is 25.3 Å². The third kappa shape index (κ3) is 4.12. The van der Waals surface area contributed by atoms with Gasteiger partial charge in [-0.1, -0.05) is 18.2 Å². The third-order valence-electron chi connectivity index (χ3n) is 4.05. The molecule has 0 aliphatic carbocycles. The highest BCUT2D eigenvalue weighted by Crippen LogP contribution is 2.24. The van der Waals surface area contributed by atoms with Crippen LogP contribution in [0.25, 0.3) is 0 Å². The summed E-state index contributed by atoms with van der Waals surface area (Å²) >= 11 is 0. The number of nitrogens with one attached hydrogen (secondary N) is 1. The molecule has 0 radical (unpaired) electrons. The molecule has 0 atom stereocenters. The van der Waals surface area contributed by atoms with Crippen molar-refractivity contribution in [2.24, 2.45) is 0 Å². The van der Waals surface area contributed by atoms with Crippen LogP contribution in [-0.4, -0.2) is 29.7 Å². The molecule has 0 unspecified atom stereocenters. The molecule has 1 saturated heterocycles. The SMILES string of the molecule is CCOc1cncc(NCc2ccccc2N2CCCCC2)n1. The summed E-state index contributed by atoms with van der Waals surface area (Å²) in [7, 11) is 0. The van der Waals surface area contributed by atoms with Crippen LogP contribution in [-0.2, 0) is 6.54 Å². The Morgan fingerprint density at radius 1 is 1.13 bits per heavy atom. The highest BCUT2D eigenvalue weighted by molar-refractivity contribution is 5.55. The van der Waals surface area contributed by atoms with Crippen LogP contribution in [0.4, 0.5) is 11.5 Å². The van der Waals surface area contributed by atoms with Crippen LogP contribution in [0.2, 0.25) is 0 Å². The summed E-state index contributed by atoms with van der Waals surface area (Å²) in [6.45, 7) is 5.57. The Morgan fingerprint density at radius 2 is 1.96 bits per heavy atom. The second-order valence-corrected chi connectivity index (χ2v) is 5.71. The van der Waals surface area contributed by atoms with Crippen molar-refractivity contribution >= 4 is 11.5 Å². The van der Waals surface area contributed by atoms with Gasteiger partial charge >= 0.3 is 0 Å². The van der Waals surface area contributed by atoms with Gasteiger partial charge in [-0.3, -0.25) is 4.98 Å². The predicted molar refractivity (Wildman–Crippen MR) is 93.0 cm³/mol. The summed E-state index contributed by atoms with van der Waals surface area (Å²) in [6.07, 6.45) is 7.27. The minimum atomic E-state index is 0.557. The van der Waals surface area contributed by atoms with E-state index in [9.17, 15) is 0 Å². The molecule has 1 aromatic carbocycles. The monoisotopic (exact) mass is 312 g/mol. The zero-order valence-electron chi connectivity index (χ0n) is 13.7. The van der Waals surface area contributed by atoms with Gasteiger partial charge in [0.25, 0.3) is 0 Å². The second-order valence-electron chi connectivity index (χ2n) is 5.71. The number of piperidine rings is 1. The summed E-state index contributed by atoms with van der Waals surface area (Å²) in [6, 6.07) is 8.59. The molecule has 1 N–H and O–H groups in total. The Hall–Kier alpha value is -2.30. The van der Waals surface area contributed by atoms with Crippen LogP contribution in [0.5, 0.6) is 5.88 Å². The fraction of sp³-hybridized carbons (Fsp3) is 0.444. The van der Waals surface area contributed by atoms with E-state index in [0.29, 0.717) is 12.5 Å². The van der Waals surface area contributed by atoms with Gasteiger partial charge in [0.2, 0.25) is 5.88 Å². The molecule has 0 bridgehead atoms. The molecular formula is C18H24N4O. The number of benzene rings is 1. The first-order valence-corrected chi connectivity index (χ1v) is 8.38. The summed E-state index contributed by atoms with van der Waals surface area (Å²) in [5.74, 6) is 1.30. The lowest BCUT2D eigenvalue weighted by Gasteiger charge is -2.30. The standard InChI is InChI=1S/C18H24N4O/c1-2-23-18-14-19-13-17(21-18)20-12-15-8-4-5-9-16(15)22-10-6-3-7-11-22/h4-5,8-9,13-14H,2-3,6-7,10-12H2,1H3,(H,20,21). The van der Waals surface area contributed by atoms with Crippen LogP contribution in [0, 0.1) is 0 Å². The minimum Gasteiger partial charge on any atom is -0.477 e. The van der Waals surface area contributed by atoms with E-state index in [0.717, 1.165) is 25.5 Å². The lowest BCUT2D eigenvalue weighted by molar-refractivity contribution is 0.325. The number of rotatable bonds is 6. The van der Waals surface area contributed by atoms with E-state index >= 15 is 0 Å². The third-order valence-corrected chi connectivity index (χ3v) is 4.05. The van der Waals surface area contributed by atoms with Gasteiger partial charge in [0.15, 0.2) is 0 Å². The van der Waals surface area contributed by atoms with Crippen molar-refractivity contribution in [3.8, 4) is 5.88 Å². The van der Waals surface area contributed by atoms with E-state index in [1.807, 2.05) is 6.92 Å². The number of hydrogen-bond donors (Lipinski definition) is 1. The van der Waals surface area contributed by atoms with Crippen molar-refractivity contribution in [2.45, 2.75) is 32.7 Å². The number of para-hydroxylation sites is 1. The molecule has 3 rings (SSSR count). The number of aromatic nitrogens is 2. The van der Waals surface area contributed by atoms with Gasteiger partial charge < -0.3 is 15.0 Å². The molecule has 0 amide bonds. The van der Waals surface area contributed by atoms with E-state index in [4.69, 9.17) is 4.74 Å². The average Bonchev–Trinajstić information content (AvgIpc) is 2.62. The average molecular weight is 312 g/mol. The molecule has 0 saturated carbocycles. The first kappa shape index (κ1) is 15.6. The molecule has 0 spiro atoms. The van der Waals surface area contributed by atoms with Crippen LogP contribution < -0.4 is 15.0 Å². The Morgan fingerprint density at radius 3 is 2.78 bits per heavy atom. The van der Waals surface area contributed by atoms with Gasteiger partial charge in [-0.25, -0.2) is 0 Å². The normalized spacial score (nSPS) is 14.6. The molecule has 2 heterocycles. The molecule has 1 aliphatic heterocycles. The number of nitrogens with zero attached hydrogens (tertiary/aromatic N) is 3.